The Balaban J connectivity index is 2.73. The smallest absolute Gasteiger partial charge is 0.0295 e. The molecule has 2 atom stereocenters. The lowest BCUT2D eigenvalue weighted by Gasteiger charge is -2.27. The molecular weight excluding hydrogens is 158 g/mol. The van der Waals surface area contributed by atoms with Crippen LogP contribution in [0, 0.1) is 17.8 Å². The van der Waals surface area contributed by atoms with Crippen molar-refractivity contribution in [3.05, 3.63) is 23.8 Å². The van der Waals surface area contributed by atoms with Gasteiger partial charge >= 0.3 is 0 Å². The van der Waals surface area contributed by atoms with Crippen LogP contribution in [-0.2, 0) is 0 Å². The number of allylic oxidation sites excluding steroid dienone is 2. The van der Waals surface area contributed by atoms with Gasteiger partial charge < -0.3 is 5.73 Å². The van der Waals surface area contributed by atoms with Gasteiger partial charge in [-0.25, -0.2) is 0 Å². The topological polar surface area (TPSA) is 26.0 Å². The van der Waals surface area contributed by atoms with Crippen molar-refractivity contribution < 1.29 is 0 Å². The van der Waals surface area contributed by atoms with E-state index in [0.29, 0.717) is 17.8 Å². The van der Waals surface area contributed by atoms with Crippen molar-refractivity contribution in [1.82, 2.24) is 0 Å². The Labute approximate surface area is 81.7 Å². The molecule has 0 spiro atoms. The Bertz CT molecular complexity index is 223. The van der Waals surface area contributed by atoms with E-state index in [1.807, 2.05) is 0 Å². The molecule has 0 saturated heterocycles. The molecule has 0 bridgehead atoms. The fraction of sp³-hybridized carbons (Fsp3) is 0.667. The van der Waals surface area contributed by atoms with E-state index in [2.05, 4.69) is 45.9 Å². The fourth-order valence-electron chi connectivity index (χ4n) is 1.79. The second-order valence-electron chi connectivity index (χ2n) is 4.58. The molecule has 0 saturated carbocycles. The quantitative estimate of drug-likeness (QED) is 0.693. The fourth-order valence-corrected chi connectivity index (χ4v) is 1.79. The molecule has 0 heterocycles. The van der Waals surface area contributed by atoms with Gasteiger partial charge in [-0.3, -0.25) is 0 Å². The lowest BCUT2D eigenvalue weighted by atomic mass is 9.82. The van der Waals surface area contributed by atoms with Crippen LogP contribution in [0.5, 0.6) is 0 Å². The minimum Gasteiger partial charge on any atom is -0.324 e. The van der Waals surface area contributed by atoms with Crippen molar-refractivity contribution in [3.63, 3.8) is 0 Å². The van der Waals surface area contributed by atoms with Crippen molar-refractivity contribution in [1.29, 1.82) is 0 Å². The highest BCUT2D eigenvalue weighted by molar-refractivity contribution is 5.28. The zero-order chi connectivity index (χ0) is 10.0. The molecule has 1 aliphatic carbocycles. The Hall–Kier alpha value is -0.560. The molecule has 74 valence electrons. The number of rotatable bonds is 2. The highest BCUT2D eigenvalue weighted by Gasteiger charge is 2.20. The van der Waals surface area contributed by atoms with Crippen molar-refractivity contribution in [2.45, 2.75) is 33.7 Å². The molecule has 0 fully saturated rings. The summed E-state index contributed by atoms with van der Waals surface area (Å²) >= 11 is 0. The SMILES string of the molecule is CC(C)C1=CC(N)C(C(C)C)C=C1. The van der Waals surface area contributed by atoms with Gasteiger partial charge in [-0.15, -0.1) is 0 Å². The summed E-state index contributed by atoms with van der Waals surface area (Å²) in [6.07, 6.45) is 6.72. The van der Waals surface area contributed by atoms with E-state index < -0.39 is 0 Å². The monoisotopic (exact) mass is 179 g/mol. The second-order valence-corrected chi connectivity index (χ2v) is 4.58. The van der Waals surface area contributed by atoms with Crippen LogP contribution in [0.2, 0.25) is 0 Å². The van der Waals surface area contributed by atoms with Crippen molar-refractivity contribution in [3.8, 4) is 0 Å². The molecule has 0 aromatic heterocycles. The average molecular weight is 179 g/mol. The largest absolute Gasteiger partial charge is 0.324 e. The maximum absolute atomic E-state index is 6.08. The lowest BCUT2D eigenvalue weighted by Crippen LogP contribution is -2.32. The predicted molar refractivity (Wildman–Crippen MR) is 58.4 cm³/mol. The van der Waals surface area contributed by atoms with Crippen LogP contribution in [0.15, 0.2) is 23.8 Å². The molecule has 0 amide bonds. The van der Waals surface area contributed by atoms with Crippen LogP contribution in [0.3, 0.4) is 0 Å². The average Bonchev–Trinajstić information content (AvgIpc) is 2.03. The molecule has 1 heteroatoms. The van der Waals surface area contributed by atoms with Gasteiger partial charge in [0.25, 0.3) is 0 Å². The summed E-state index contributed by atoms with van der Waals surface area (Å²) in [7, 11) is 0. The number of nitrogens with two attached hydrogens (primary N) is 1. The van der Waals surface area contributed by atoms with E-state index in [1.165, 1.54) is 5.57 Å². The van der Waals surface area contributed by atoms with Crippen molar-refractivity contribution in [2.24, 2.45) is 23.5 Å². The molecule has 2 N–H and O–H groups in total. The molecular formula is C12H21N. The standard InChI is InChI=1S/C12H21N/c1-8(2)10-5-6-11(9(3)4)12(13)7-10/h5-9,11-12H,13H2,1-4H3. The summed E-state index contributed by atoms with van der Waals surface area (Å²) in [4.78, 5) is 0. The summed E-state index contributed by atoms with van der Waals surface area (Å²) in [5.74, 6) is 1.74. The van der Waals surface area contributed by atoms with Gasteiger partial charge in [0.15, 0.2) is 0 Å². The molecule has 0 aliphatic heterocycles. The summed E-state index contributed by atoms with van der Waals surface area (Å²) in [6.45, 7) is 8.86. The minimum absolute atomic E-state index is 0.211. The molecule has 2 unspecified atom stereocenters. The first-order valence-electron chi connectivity index (χ1n) is 5.18. The summed E-state index contributed by atoms with van der Waals surface area (Å²) in [6, 6.07) is 0.211. The normalized spacial score (nSPS) is 28.4. The second kappa shape index (κ2) is 4.10. The highest BCUT2D eigenvalue weighted by Crippen LogP contribution is 2.25. The summed E-state index contributed by atoms with van der Waals surface area (Å²) in [5, 5.41) is 0. The Kier molecular flexibility index (Phi) is 3.32. The van der Waals surface area contributed by atoms with Crippen LogP contribution in [0.1, 0.15) is 27.7 Å². The van der Waals surface area contributed by atoms with Gasteiger partial charge in [-0.1, -0.05) is 45.9 Å². The van der Waals surface area contributed by atoms with E-state index >= 15 is 0 Å². The maximum Gasteiger partial charge on any atom is 0.0295 e. The summed E-state index contributed by atoms with van der Waals surface area (Å²) < 4.78 is 0. The Morgan fingerprint density at radius 2 is 1.85 bits per heavy atom. The van der Waals surface area contributed by atoms with Crippen LogP contribution < -0.4 is 5.73 Å². The van der Waals surface area contributed by atoms with Gasteiger partial charge in [0.1, 0.15) is 0 Å². The first kappa shape index (κ1) is 10.5. The molecule has 13 heavy (non-hydrogen) atoms. The van der Waals surface area contributed by atoms with E-state index in [0.717, 1.165) is 0 Å². The lowest BCUT2D eigenvalue weighted by molar-refractivity contribution is 0.420. The van der Waals surface area contributed by atoms with Crippen LogP contribution in [-0.4, -0.2) is 6.04 Å². The Morgan fingerprint density at radius 1 is 1.23 bits per heavy atom. The predicted octanol–water partition coefficient (Wildman–Crippen LogP) is 2.74. The Morgan fingerprint density at radius 3 is 2.23 bits per heavy atom. The van der Waals surface area contributed by atoms with Gasteiger partial charge in [-0.2, -0.15) is 0 Å². The zero-order valence-corrected chi connectivity index (χ0v) is 9.12. The molecule has 1 nitrogen and oxygen atoms in total. The number of hydrogen-bond donors (Lipinski definition) is 1. The molecule has 0 radical (unpaired) electrons. The zero-order valence-electron chi connectivity index (χ0n) is 9.12. The van der Waals surface area contributed by atoms with Crippen LogP contribution in [0.4, 0.5) is 0 Å². The third kappa shape index (κ3) is 2.44. The van der Waals surface area contributed by atoms with Gasteiger partial charge in [-0.05, 0) is 23.3 Å². The van der Waals surface area contributed by atoms with Crippen LogP contribution in [0.25, 0.3) is 0 Å². The maximum atomic E-state index is 6.08. The molecule has 0 aromatic rings. The first-order chi connectivity index (χ1) is 6.02. The van der Waals surface area contributed by atoms with Crippen molar-refractivity contribution in [2.75, 3.05) is 0 Å². The van der Waals surface area contributed by atoms with E-state index in [4.69, 9.17) is 5.73 Å². The van der Waals surface area contributed by atoms with E-state index in [1.54, 1.807) is 0 Å². The van der Waals surface area contributed by atoms with Crippen molar-refractivity contribution >= 4 is 0 Å². The number of hydrogen-bond acceptors (Lipinski definition) is 1. The van der Waals surface area contributed by atoms with E-state index in [-0.39, 0.29) is 6.04 Å². The third-order valence-electron chi connectivity index (χ3n) is 2.78. The highest BCUT2D eigenvalue weighted by atomic mass is 14.6. The first-order valence-corrected chi connectivity index (χ1v) is 5.18. The van der Waals surface area contributed by atoms with Gasteiger partial charge in [0.05, 0.1) is 0 Å². The van der Waals surface area contributed by atoms with Crippen LogP contribution >= 0.6 is 0 Å². The van der Waals surface area contributed by atoms with Gasteiger partial charge in [0.2, 0.25) is 0 Å². The van der Waals surface area contributed by atoms with Gasteiger partial charge in [0, 0.05) is 6.04 Å². The van der Waals surface area contributed by atoms with E-state index in [9.17, 15) is 0 Å². The minimum atomic E-state index is 0.211. The molecule has 0 aromatic carbocycles. The molecule has 1 rings (SSSR count). The third-order valence-corrected chi connectivity index (χ3v) is 2.78. The molecule has 1 aliphatic rings. The summed E-state index contributed by atoms with van der Waals surface area (Å²) in [5.41, 5.74) is 7.46.